The van der Waals surface area contributed by atoms with Crippen molar-refractivity contribution in [3.8, 4) is 0 Å². The van der Waals surface area contributed by atoms with Gasteiger partial charge in [0.1, 0.15) is 0 Å². The minimum absolute atomic E-state index is 0. The molecular formula is C4N4NiZn. The number of rotatable bonds is 0. The molecule has 6 heteroatoms. The molecule has 0 saturated heterocycles. The van der Waals surface area contributed by atoms with Gasteiger partial charge < -0.3 is 47.3 Å². The Morgan fingerprint density at radius 3 is 0.500 bits per heavy atom. The van der Waals surface area contributed by atoms with E-state index in [9.17, 15) is 0 Å². The standard InChI is InChI=1S/4CN.Ni.Zn/c4*1-2;;/q4*-1;2*+2. The SMILES string of the molecule is [C-]#N.[C-]#N.[C-]#N.[C-]#N.[Ni+2].[Zn+2]. The predicted octanol–water partition coefficient (Wildman–Crippen LogP) is 0.380. The first-order valence-electron chi connectivity index (χ1n) is 0.894. The van der Waals surface area contributed by atoms with Gasteiger partial charge in [0.25, 0.3) is 0 Å². The first kappa shape index (κ1) is 62.5. The minimum Gasteiger partial charge on any atom is -0.512 e. The largest absolute Gasteiger partial charge is 2.00 e. The normalized spacial score (nSPS) is 0.800. The Hall–Kier alpha value is -0.923. The Kier molecular flexibility index (Phi) is 2970. The molecule has 4 nitrogen and oxygen atoms in total. The Labute approximate surface area is 83.4 Å². The van der Waals surface area contributed by atoms with Crippen LogP contribution in [0.2, 0.25) is 0 Å². The van der Waals surface area contributed by atoms with Gasteiger partial charge in [-0.1, -0.05) is 0 Å². The quantitative estimate of drug-likeness (QED) is 0.442. The Balaban J connectivity index is -0.00000000500. The molecule has 0 aliphatic heterocycles. The summed E-state index contributed by atoms with van der Waals surface area (Å²) < 4.78 is 0. The van der Waals surface area contributed by atoms with Crippen LogP contribution in [0.3, 0.4) is 0 Å². The molecule has 10 heavy (non-hydrogen) atoms. The molecule has 0 fully saturated rings. The molecule has 0 N–H and O–H groups in total. The molecular weight excluding hydrogens is 228 g/mol. The van der Waals surface area contributed by atoms with Crippen molar-refractivity contribution in [1.82, 2.24) is 0 Å². The van der Waals surface area contributed by atoms with Crippen molar-refractivity contribution >= 4 is 0 Å². The van der Waals surface area contributed by atoms with Crippen LogP contribution < -0.4 is 0 Å². The summed E-state index contributed by atoms with van der Waals surface area (Å²) in [7, 11) is 0. The molecule has 48 valence electrons. The van der Waals surface area contributed by atoms with Crippen LogP contribution in [0.4, 0.5) is 0 Å². The summed E-state index contributed by atoms with van der Waals surface area (Å²) in [6.07, 6.45) is 0. The van der Waals surface area contributed by atoms with Crippen LogP contribution in [-0.4, -0.2) is 0 Å². The number of nitrogens with zero attached hydrogens (tertiary/aromatic N) is 4. The van der Waals surface area contributed by atoms with E-state index >= 15 is 0 Å². The molecule has 0 radical (unpaired) electrons. The van der Waals surface area contributed by atoms with Crippen molar-refractivity contribution in [2.75, 3.05) is 0 Å². The second-order valence-electron chi connectivity index (χ2n) is 0. The summed E-state index contributed by atoms with van der Waals surface area (Å²) in [6, 6.07) is 0. The van der Waals surface area contributed by atoms with E-state index in [1.807, 2.05) is 0 Å². The van der Waals surface area contributed by atoms with Gasteiger partial charge in [0.2, 0.25) is 0 Å². The van der Waals surface area contributed by atoms with E-state index in [2.05, 4.69) is 0 Å². The van der Waals surface area contributed by atoms with E-state index in [1.165, 1.54) is 0 Å². The third-order valence-corrected chi connectivity index (χ3v) is 0. The maximum absolute atomic E-state index is 6.25. The van der Waals surface area contributed by atoms with E-state index < -0.39 is 0 Å². The van der Waals surface area contributed by atoms with Gasteiger partial charge >= 0.3 is 36.0 Å². The zero-order valence-electron chi connectivity index (χ0n) is 4.81. The molecule has 0 aromatic rings. The Morgan fingerprint density at radius 2 is 0.500 bits per heavy atom. The molecule has 0 aliphatic rings. The van der Waals surface area contributed by atoms with Crippen molar-refractivity contribution in [2.24, 2.45) is 0 Å². The first-order valence-corrected chi connectivity index (χ1v) is 0.894. The maximum Gasteiger partial charge on any atom is 2.00 e. The van der Waals surface area contributed by atoms with Gasteiger partial charge in [-0.05, 0) is 0 Å². The van der Waals surface area contributed by atoms with Gasteiger partial charge in [-0.15, -0.1) is 0 Å². The number of hydrogen-bond acceptors (Lipinski definition) is 4. The fourth-order valence-corrected chi connectivity index (χ4v) is 0. The zero-order valence-corrected chi connectivity index (χ0v) is 8.77. The second kappa shape index (κ2) is 475. The Bertz CT molecular complexity index is 60.2. The van der Waals surface area contributed by atoms with E-state index in [1.54, 1.807) is 0 Å². The predicted molar refractivity (Wildman–Crippen MR) is 19.9 cm³/mol. The smallest absolute Gasteiger partial charge is 0.512 e. The van der Waals surface area contributed by atoms with Gasteiger partial charge in [0.05, 0.1) is 0 Å². The third-order valence-electron chi connectivity index (χ3n) is 0. The molecule has 0 rings (SSSR count). The summed E-state index contributed by atoms with van der Waals surface area (Å²) >= 11 is 0. The molecule has 0 unspecified atom stereocenters. The summed E-state index contributed by atoms with van der Waals surface area (Å²) in [5.74, 6) is 0. The minimum atomic E-state index is 0. The molecule has 0 aromatic heterocycles. The second-order valence-corrected chi connectivity index (χ2v) is 0. The molecule has 0 bridgehead atoms. The first-order chi connectivity index (χ1) is 4.00. The monoisotopic (exact) mass is 226 g/mol. The molecule has 0 saturated carbocycles. The summed E-state index contributed by atoms with van der Waals surface area (Å²) in [4.78, 5) is 0. The molecule has 0 spiro atoms. The van der Waals surface area contributed by atoms with E-state index in [-0.39, 0.29) is 36.0 Å². The molecule has 0 heterocycles. The number of hydrogen-bond donors (Lipinski definition) is 0. The fourth-order valence-electron chi connectivity index (χ4n) is 0. The van der Waals surface area contributed by atoms with Crippen LogP contribution >= 0.6 is 0 Å². The van der Waals surface area contributed by atoms with Gasteiger partial charge in [-0.3, -0.25) is 0 Å². The van der Waals surface area contributed by atoms with E-state index in [4.69, 9.17) is 47.3 Å². The third kappa shape index (κ3) is 307. The van der Waals surface area contributed by atoms with Crippen molar-refractivity contribution in [2.45, 2.75) is 0 Å². The Morgan fingerprint density at radius 1 is 0.500 bits per heavy atom. The van der Waals surface area contributed by atoms with Gasteiger partial charge in [0.15, 0.2) is 0 Å². The summed E-state index contributed by atoms with van der Waals surface area (Å²) in [5, 5.41) is 25.0. The molecule has 0 amide bonds. The average Bonchev–Trinajstić information content (AvgIpc) is 2.03. The topological polar surface area (TPSA) is 95.2 Å². The van der Waals surface area contributed by atoms with Crippen molar-refractivity contribution in [3.63, 3.8) is 0 Å². The molecule has 0 aromatic carbocycles. The summed E-state index contributed by atoms with van der Waals surface area (Å²) in [5.41, 5.74) is 0. The van der Waals surface area contributed by atoms with Gasteiger partial charge in [-0.25, -0.2) is 0 Å². The summed E-state index contributed by atoms with van der Waals surface area (Å²) in [6.45, 7) is 19.0. The van der Waals surface area contributed by atoms with Gasteiger partial charge in [0, 0.05) is 0 Å². The van der Waals surface area contributed by atoms with Gasteiger partial charge in [-0.2, -0.15) is 0 Å². The molecule has 0 aliphatic carbocycles. The van der Waals surface area contributed by atoms with Crippen LogP contribution in [-0.2, 0) is 36.0 Å². The van der Waals surface area contributed by atoms with E-state index in [0.29, 0.717) is 0 Å². The fraction of sp³-hybridized carbons (Fsp3) is 0. The van der Waals surface area contributed by atoms with Crippen LogP contribution in [0, 0.1) is 47.3 Å². The van der Waals surface area contributed by atoms with Crippen molar-refractivity contribution in [1.29, 1.82) is 21.0 Å². The maximum atomic E-state index is 6.25. The van der Waals surface area contributed by atoms with E-state index in [0.717, 1.165) is 0 Å². The molecule has 0 atom stereocenters. The van der Waals surface area contributed by atoms with Crippen LogP contribution in [0.5, 0.6) is 0 Å². The van der Waals surface area contributed by atoms with Crippen LogP contribution in [0.1, 0.15) is 0 Å². The van der Waals surface area contributed by atoms with Crippen molar-refractivity contribution < 1.29 is 36.0 Å². The van der Waals surface area contributed by atoms with Crippen LogP contribution in [0.25, 0.3) is 0 Å². The zero-order chi connectivity index (χ0) is 8.00. The van der Waals surface area contributed by atoms with Crippen LogP contribution in [0.15, 0.2) is 0 Å². The average molecular weight is 228 g/mol. The van der Waals surface area contributed by atoms with Crippen molar-refractivity contribution in [3.05, 3.63) is 26.3 Å².